The second-order valence-electron chi connectivity index (χ2n) is 10.1. The van der Waals surface area contributed by atoms with Crippen molar-refractivity contribution >= 4 is 23.6 Å². The van der Waals surface area contributed by atoms with Crippen LogP contribution in [0.2, 0.25) is 0 Å². The fourth-order valence-electron chi connectivity index (χ4n) is 4.52. The highest BCUT2D eigenvalue weighted by Gasteiger charge is 2.36. The lowest BCUT2D eigenvalue weighted by atomic mass is 9.92. The Morgan fingerprint density at radius 3 is 2.37 bits per heavy atom. The number of aliphatic hydroxyl groups excluding tert-OH is 1. The fraction of sp³-hybridized carbons (Fsp3) is 0.615. The Balaban J connectivity index is 2.07. The van der Waals surface area contributed by atoms with Gasteiger partial charge in [-0.3, -0.25) is 24.4 Å². The zero-order chi connectivity index (χ0) is 28.2. The number of carbonyl (C=O) groups is 4. The molecule has 0 aromatic heterocycles. The van der Waals surface area contributed by atoms with Gasteiger partial charge in [-0.1, -0.05) is 44.2 Å². The maximum Gasteiger partial charge on any atom is 0.244 e. The molecule has 38 heavy (non-hydrogen) atoms. The van der Waals surface area contributed by atoms with Crippen molar-refractivity contribution in [2.75, 3.05) is 13.6 Å². The van der Waals surface area contributed by atoms with Crippen LogP contribution in [0.4, 0.5) is 0 Å². The van der Waals surface area contributed by atoms with E-state index in [4.69, 9.17) is 9.94 Å². The highest BCUT2D eigenvalue weighted by Crippen LogP contribution is 2.19. The second kappa shape index (κ2) is 15.4. The van der Waals surface area contributed by atoms with Crippen LogP contribution in [0.1, 0.15) is 45.6 Å². The number of nitrogens with one attached hydrogen (secondary N) is 5. The Hall–Kier alpha value is -3.06. The van der Waals surface area contributed by atoms with E-state index in [0.29, 0.717) is 12.8 Å². The summed E-state index contributed by atoms with van der Waals surface area (Å²) in [6, 6.07) is 7.56. The third-order valence-electron chi connectivity index (χ3n) is 6.35. The molecule has 1 aliphatic heterocycles. The summed E-state index contributed by atoms with van der Waals surface area (Å²) in [6.45, 7) is 5.23. The van der Waals surface area contributed by atoms with E-state index in [9.17, 15) is 24.3 Å². The van der Waals surface area contributed by atoms with E-state index < -0.39 is 54.0 Å². The van der Waals surface area contributed by atoms with Gasteiger partial charge in [-0.05, 0) is 31.9 Å². The number of rotatable bonds is 13. The molecule has 0 spiro atoms. The summed E-state index contributed by atoms with van der Waals surface area (Å²) < 4.78 is 5.74. The Bertz CT molecular complexity index is 930. The third kappa shape index (κ3) is 10.0. The van der Waals surface area contributed by atoms with Gasteiger partial charge in [0.25, 0.3) is 0 Å². The van der Waals surface area contributed by atoms with Crippen molar-refractivity contribution in [3.8, 4) is 0 Å². The molecule has 6 atom stereocenters. The Morgan fingerprint density at radius 1 is 1.08 bits per heavy atom. The average molecular weight is 536 g/mol. The van der Waals surface area contributed by atoms with Crippen LogP contribution in [0.5, 0.6) is 0 Å². The zero-order valence-corrected chi connectivity index (χ0v) is 22.4. The van der Waals surface area contributed by atoms with Gasteiger partial charge in [-0.25, -0.2) is 5.48 Å². The molecular weight excluding hydrogens is 494 g/mol. The van der Waals surface area contributed by atoms with E-state index in [2.05, 4.69) is 21.3 Å². The first kappa shape index (κ1) is 31.2. The van der Waals surface area contributed by atoms with Crippen molar-refractivity contribution in [3.63, 3.8) is 0 Å². The highest BCUT2D eigenvalue weighted by atomic mass is 16.5. The number of likely N-dealkylation sites (N-methyl/N-ethyl adjacent to an activating group) is 1. The summed E-state index contributed by atoms with van der Waals surface area (Å²) in [4.78, 5) is 50.6. The minimum Gasteiger partial charge on any atom is -0.391 e. The van der Waals surface area contributed by atoms with Gasteiger partial charge in [-0.15, -0.1) is 0 Å². The molecule has 0 radical (unpaired) electrons. The van der Waals surface area contributed by atoms with E-state index in [1.165, 1.54) is 0 Å². The van der Waals surface area contributed by atoms with Crippen molar-refractivity contribution in [3.05, 3.63) is 35.9 Å². The number of amides is 4. The highest BCUT2D eigenvalue weighted by molar-refractivity contribution is 5.92. The van der Waals surface area contributed by atoms with E-state index in [1.807, 2.05) is 44.2 Å². The van der Waals surface area contributed by atoms with Crippen LogP contribution in [0.3, 0.4) is 0 Å². The van der Waals surface area contributed by atoms with Gasteiger partial charge in [-0.2, -0.15) is 0 Å². The summed E-state index contributed by atoms with van der Waals surface area (Å²) in [5.41, 5.74) is 2.34. The van der Waals surface area contributed by atoms with Crippen LogP contribution in [0.15, 0.2) is 30.3 Å². The maximum atomic E-state index is 13.1. The van der Waals surface area contributed by atoms with Crippen LogP contribution in [0.25, 0.3) is 0 Å². The molecule has 12 heteroatoms. The zero-order valence-electron chi connectivity index (χ0n) is 22.4. The van der Waals surface area contributed by atoms with E-state index in [0.717, 1.165) is 5.56 Å². The minimum absolute atomic E-state index is 0.0898. The van der Waals surface area contributed by atoms with Gasteiger partial charge in [0.15, 0.2) is 0 Å². The first-order valence-corrected chi connectivity index (χ1v) is 12.9. The van der Waals surface area contributed by atoms with Crippen LogP contribution in [0, 0.1) is 11.8 Å². The molecule has 1 aromatic rings. The topological polar surface area (TPSA) is 178 Å². The van der Waals surface area contributed by atoms with Crippen LogP contribution >= 0.6 is 0 Å². The van der Waals surface area contributed by atoms with Crippen molar-refractivity contribution in [2.45, 2.75) is 77.0 Å². The molecule has 212 valence electrons. The summed E-state index contributed by atoms with van der Waals surface area (Å²) in [5, 5.41) is 30.1. The van der Waals surface area contributed by atoms with Gasteiger partial charge < -0.3 is 31.1 Å². The van der Waals surface area contributed by atoms with Crippen LogP contribution in [-0.4, -0.2) is 78.1 Å². The standard InChI is InChI=1S/C26H41N5O7/c1-15(2)10-18(13-21(33)31-37)24(35)29-19(12-17-8-6-5-7-9-17)25(36)28-14-22(34)30-26-23(27-4)20(32)11-16(3)38-26/h5-9,15-16,18-20,23,26-27,32,37H,10-14H2,1-4H3,(H,28,36)(H,29,35)(H,30,34)(H,31,33)/t16-,18?,19?,20?,23-,26-/m1/s1. The number of hydrogen-bond donors (Lipinski definition) is 7. The molecule has 4 amide bonds. The number of ether oxygens (including phenoxy) is 1. The number of aliphatic hydroxyl groups is 1. The average Bonchev–Trinajstić information content (AvgIpc) is 2.86. The number of carbonyl (C=O) groups excluding carboxylic acids is 4. The molecule has 1 fully saturated rings. The molecular formula is C26H41N5O7. The Labute approximate surface area is 223 Å². The van der Waals surface area contributed by atoms with Gasteiger partial charge in [0, 0.05) is 25.2 Å². The van der Waals surface area contributed by atoms with Crippen LogP contribution < -0.4 is 26.7 Å². The molecule has 1 saturated heterocycles. The predicted octanol–water partition coefficient (Wildman–Crippen LogP) is -0.412. The molecule has 7 N–H and O–H groups in total. The quantitative estimate of drug-likeness (QED) is 0.132. The normalized spacial score (nSPS) is 22.7. The smallest absolute Gasteiger partial charge is 0.244 e. The molecule has 1 aliphatic rings. The molecule has 3 unspecified atom stereocenters. The van der Waals surface area contributed by atoms with Crippen molar-refractivity contribution < 1.29 is 34.2 Å². The van der Waals surface area contributed by atoms with Crippen molar-refractivity contribution in [1.82, 2.24) is 26.7 Å². The summed E-state index contributed by atoms with van der Waals surface area (Å²) in [7, 11) is 1.65. The van der Waals surface area contributed by atoms with Crippen molar-refractivity contribution in [2.24, 2.45) is 11.8 Å². The predicted molar refractivity (Wildman–Crippen MR) is 139 cm³/mol. The Morgan fingerprint density at radius 2 is 1.76 bits per heavy atom. The van der Waals surface area contributed by atoms with Gasteiger partial charge in [0.1, 0.15) is 12.3 Å². The molecule has 0 bridgehead atoms. The lowest BCUT2D eigenvalue weighted by molar-refractivity contribution is -0.143. The second-order valence-corrected chi connectivity index (χ2v) is 10.1. The molecule has 1 heterocycles. The summed E-state index contributed by atoms with van der Waals surface area (Å²) >= 11 is 0. The molecule has 0 saturated carbocycles. The number of hydroxylamine groups is 1. The Kier molecular flexibility index (Phi) is 12.6. The number of hydrogen-bond acceptors (Lipinski definition) is 8. The summed E-state index contributed by atoms with van der Waals surface area (Å²) in [5.74, 6) is -2.96. The van der Waals surface area contributed by atoms with Crippen LogP contribution in [-0.2, 0) is 30.3 Å². The van der Waals surface area contributed by atoms with Gasteiger partial charge in [0.2, 0.25) is 23.6 Å². The third-order valence-corrected chi connectivity index (χ3v) is 6.35. The van der Waals surface area contributed by atoms with Crippen molar-refractivity contribution in [1.29, 1.82) is 0 Å². The maximum absolute atomic E-state index is 13.1. The van der Waals surface area contributed by atoms with E-state index in [-0.39, 0.29) is 31.4 Å². The minimum atomic E-state index is -1.01. The molecule has 0 aliphatic carbocycles. The molecule has 2 rings (SSSR count). The molecule has 1 aromatic carbocycles. The lowest BCUT2D eigenvalue weighted by Crippen LogP contribution is -2.61. The fourth-order valence-corrected chi connectivity index (χ4v) is 4.52. The first-order chi connectivity index (χ1) is 18.0. The SMILES string of the molecule is CN[C@@H]1C(O)C[C@@H](C)O[C@H]1NC(=O)CNC(=O)C(Cc1ccccc1)NC(=O)C(CC(=O)NO)CC(C)C. The van der Waals surface area contributed by atoms with Gasteiger partial charge in [0.05, 0.1) is 24.8 Å². The van der Waals surface area contributed by atoms with Gasteiger partial charge >= 0.3 is 0 Å². The number of benzene rings is 1. The van der Waals surface area contributed by atoms with E-state index in [1.54, 1.807) is 19.5 Å². The lowest BCUT2D eigenvalue weighted by Gasteiger charge is -2.38. The van der Waals surface area contributed by atoms with E-state index >= 15 is 0 Å². The first-order valence-electron chi connectivity index (χ1n) is 12.9. The largest absolute Gasteiger partial charge is 0.391 e. The summed E-state index contributed by atoms with van der Waals surface area (Å²) in [6.07, 6.45) is -1.02. The molecule has 12 nitrogen and oxygen atoms in total. The monoisotopic (exact) mass is 535 g/mol.